The van der Waals surface area contributed by atoms with Crippen molar-refractivity contribution < 1.29 is 4.74 Å². The highest BCUT2D eigenvalue weighted by atomic mass is 16.5. The van der Waals surface area contributed by atoms with Crippen LogP contribution in [0.2, 0.25) is 0 Å². The number of ether oxygens (including phenoxy) is 1. The first kappa shape index (κ1) is 17.0. The summed E-state index contributed by atoms with van der Waals surface area (Å²) >= 11 is 0. The van der Waals surface area contributed by atoms with Crippen molar-refractivity contribution >= 4 is 10.9 Å². The molecule has 1 aromatic heterocycles. The lowest BCUT2D eigenvalue weighted by Gasteiger charge is -2.04. The molecule has 0 saturated heterocycles. The summed E-state index contributed by atoms with van der Waals surface area (Å²) < 4.78 is 5.27. The minimum Gasteiger partial charge on any atom is -0.497 e. The number of nitrogens with one attached hydrogen (secondary N) is 2. The minimum atomic E-state index is 0.863. The van der Waals surface area contributed by atoms with E-state index in [0.717, 1.165) is 41.9 Å². The summed E-state index contributed by atoms with van der Waals surface area (Å²) in [5.41, 5.74) is 3.42. The highest BCUT2D eigenvalue weighted by molar-refractivity contribution is 5.82. The lowest BCUT2D eigenvalue weighted by atomic mass is 10.1. The van der Waals surface area contributed by atoms with Crippen molar-refractivity contribution in [1.82, 2.24) is 15.5 Å². The van der Waals surface area contributed by atoms with Gasteiger partial charge in [0.2, 0.25) is 0 Å². The zero-order chi connectivity index (χ0) is 16.5. The van der Waals surface area contributed by atoms with Crippen molar-refractivity contribution in [2.45, 2.75) is 26.8 Å². The number of benzene rings is 2. The second kappa shape index (κ2) is 8.96. The number of methoxy groups -OCH3 is 1. The Morgan fingerprint density at radius 2 is 1.87 bits per heavy atom. The molecule has 3 rings (SSSR count). The largest absolute Gasteiger partial charge is 0.497 e. The Labute approximate surface area is 137 Å². The van der Waals surface area contributed by atoms with E-state index in [0.29, 0.717) is 0 Å². The van der Waals surface area contributed by atoms with Crippen molar-refractivity contribution in [3.63, 3.8) is 0 Å². The minimum absolute atomic E-state index is 0.863. The summed E-state index contributed by atoms with van der Waals surface area (Å²) in [6.07, 6.45) is 0.913. The van der Waals surface area contributed by atoms with Gasteiger partial charge in [0.05, 0.1) is 12.6 Å². The molecule has 2 aromatic carbocycles. The molecule has 0 aliphatic carbocycles. The summed E-state index contributed by atoms with van der Waals surface area (Å²) in [5.74, 6) is 0.863. The van der Waals surface area contributed by atoms with Crippen LogP contribution in [0.15, 0.2) is 48.5 Å². The Hall–Kier alpha value is -2.33. The molecule has 0 aliphatic rings. The Morgan fingerprint density at radius 1 is 1.09 bits per heavy atom. The van der Waals surface area contributed by atoms with Gasteiger partial charge in [0, 0.05) is 30.6 Å². The van der Waals surface area contributed by atoms with Gasteiger partial charge in [-0.05, 0) is 23.8 Å². The van der Waals surface area contributed by atoms with Gasteiger partial charge in [-0.15, -0.1) is 0 Å². The van der Waals surface area contributed by atoms with Crippen LogP contribution in [0.3, 0.4) is 0 Å². The molecule has 0 amide bonds. The van der Waals surface area contributed by atoms with Gasteiger partial charge in [0.15, 0.2) is 0 Å². The SMILES string of the molecule is CC.COc1ccc2n[nH]c(CCNCc3ccccc3)c2c1. The predicted molar refractivity (Wildman–Crippen MR) is 95.8 cm³/mol. The second-order valence-corrected chi connectivity index (χ2v) is 5.00. The highest BCUT2D eigenvalue weighted by Crippen LogP contribution is 2.22. The van der Waals surface area contributed by atoms with Crippen LogP contribution in [0.1, 0.15) is 25.1 Å². The van der Waals surface area contributed by atoms with Gasteiger partial charge in [0.1, 0.15) is 5.75 Å². The summed E-state index contributed by atoms with van der Waals surface area (Å²) in [4.78, 5) is 0. The lowest BCUT2D eigenvalue weighted by Crippen LogP contribution is -2.16. The van der Waals surface area contributed by atoms with E-state index in [4.69, 9.17) is 4.74 Å². The Balaban J connectivity index is 0.000000924. The average molecular weight is 311 g/mol. The van der Waals surface area contributed by atoms with Crippen LogP contribution >= 0.6 is 0 Å². The fraction of sp³-hybridized carbons (Fsp3) is 0.316. The topological polar surface area (TPSA) is 49.9 Å². The standard InChI is InChI=1S/C17H19N3O.C2H6/c1-21-14-7-8-16-15(11-14)17(20-19-16)9-10-18-12-13-5-3-2-4-6-13;1-2/h2-8,11,18H,9-10,12H2,1H3,(H,19,20);1-2H3. The van der Waals surface area contributed by atoms with Crippen LogP contribution in [-0.2, 0) is 13.0 Å². The van der Waals surface area contributed by atoms with E-state index in [1.54, 1.807) is 7.11 Å². The number of nitrogens with zero attached hydrogens (tertiary/aromatic N) is 1. The molecule has 0 unspecified atom stereocenters. The van der Waals surface area contributed by atoms with Crippen LogP contribution < -0.4 is 10.1 Å². The third-order valence-electron chi connectivity index (χ3n) is 3.56. The first-order valence-corrected chi connectivity index (χ1v) is 8.12. The molecule has 3 aromatic rings. The fourth-order valence-corrected chi connectivity index (χ4v) is 2.40. The van der Waals surface area contributed by atoms with Gasteiger partial charge in [-0.3, -0.25) is 5.10 Å². The maximum Gasteiger partial charge on any atom is 0.119 e. The van der Waals surface area contributed by atoms with E-state index in [2.05, 4.69) is 39.8 Å². The van der Waals surface area contributed by atoms with Gasteiger partial charge >= 0.3 is 0 Å². The summed E-state index contributed by atoms with van der Waals surface area (Å²) in [5, 5.41) is 12.0. The normalized spacial score (nSPS) is 10.2. The smallest absolute Gasteiger partial charge is 0.119 e. The van der Waals surface area contributed by atoms with E-state index >= 15 is 0 Å². The molecule has 4 heteroatoms. The molecule has 122 valence electrons. The van der Waals surface area contributed by atoms with Crippen molar-refractivity contribution in [2.24, 2.45) is 0 Å². The van der Waals surface area contributed by atoms with Crippen LogP contribution in [-0.4, -0.2) is 23.9 Å². The van der Waals surface area contributed by atoms with Crippen molar-refractivity contribution in [3.05, 3.63) is 59.8 Å². The van der Waals surface area contributed by atoms with Crippen molar-refractivity contribution in [3.8, 4) is 5.75 Å². The monoisotopic (exact) mass is 311 g/mol. The fourth-order valence-electron chi connectivity index (χ4n) is 2.40. The molecule has 0 radical (unpaired) electrons. The van der Waals surface area contributed by atoms with E-state index < -0.39 is 0 Å². The first-order valence-electron chi connectivity index (χ1n) is 8.12. The molecule has 23 heavy (non-hydrogen) atoms. The molecule has 0 saturated carbocycles. The molecule has 0 spiro atoms. The molecular weight excluding hydrogens is 286 g/mol. The number of aromatic amines is 1. The highest BCUT2D eigenvalue weighted by Gasteiger charge is 2.06. The Morgan fingerprint density at radius 3 is 2.61 bits per heavy atom. The Bertz CT molecular complexity index is 707. The van der Waals surface area contributed by atoms with E-state index in [1.807, 2.05) is 38.1 Å². The van der Waals surface area contributed by atoms with Gasteiger partial charge in [-0.1, -0.05) is 44.2 Å². The van der Waals surface area contributed by atoms with E-state index in [9.17, 15) is 0 Å². The van der Waals surface area contributed by atoms with Gasteiger partial charge in [-0.2, -0.15) is 5.10 Å². The molecule has 0 fully saturated rings. The van der Waals surface area contributed by atoms with Crippen LogP contribution in [0.4, 0.5) is 0 Å². The zero-order valence-electron chi connectivity index (χ0n) is 14.1. The second-order valence-electron chi connectivity index (χ2n) is 5.00. The number of rotatable bonds is 6. The lowest BCUT2D eigenvalue weighted by molar-refractivity contribution is 0.415. The molecule has 0 aliphatic heterocycles. The predicted octanol–water partition coefficient (Wildman–Crippen LogP) is 3.93. The van der Waals surface area contributed by atoms with Crippen molar-refractivity contribution in [2.75, 3.05) is 13.7 Å². The van der Waals surface area contributed by atoms with E-state index in [-0.39, 0.29) is 0 Å². The van der Waals surface area contributed by atoms with Crippen molar-refractivity contribution in [1.29, 1.82) is 0 Å². The number of hydrogen-bond acceptors (Lipinski definition) is 3. The Kier molecular flexibility index (Phi) is 6.63. The summed E-state index contributed by atoms with van der Waals surface area (Å²) in [7, 11) is 1.68. The molecular formula is C19H25N3O. The molecule has 0 atom stereocenters. The third kappa shape index (κ3) is 4.57. The maximum absolute atomic E-state index is 5.27. The zero-order valence-corrected chi connectivity index (χ0v) is 14.1. The molecule has 1 heterocycles. The number of fused-ring (bicyclic) bond motifs is 1. The number of H-pyrrole nitrogens is 1. The number of hydrogen-bond donors (Lipinski definition) is 2. The maximum atomic E-state index is 5.27. The van der Waals surface area contributed by atoms with Gasteiger partial charge in [-0.25, -0.2) is 0 Å². The van der Waals surface area contributed by atoms with Crippen LogP contribution in [0.5, 0.6) is 5.75 Å². The van der Waals surface area contributed by atoms with Crippen LogP contribution in [0, 0.1) is 0 Å². The average Bonchev–Trinajstić information content (AvgIpc) is 3.03. The van der Waals surface area contributed by atoms with E-state index in [1.165, 1.54) is 5.56 Å². The summed E-state index contributed by atoms with van der Waals surface area (Å²) in [6.45, 7) is 5.79. The van der Waals surface area contributed by atoms with Gasteiger partial charge < -0.3 is 10.1 Å². The third-order valence-corrected chi connectivity index (χ3v) is 3.56. The quantitative estimate of drug-likeness (QED) is 0.678. The van der Waals surface area contributed by atoms with Gasteiger partial charge in [0.25, 0.3) is 0 Å². The summed E-state index contributed by atoms with van der Waals surface area (Å²) in [6, 6.07) is 16.4. The number of aromatic nitrogens is 2. The first-order chi connectivity index (χ1) is 11.4. The molecule has 2 N–H and O–H groups in total. The molecule has 4 nitrogen and oxygen atoms in total. The molecule has 0 bridgehead atoms. The van der Waals surface area contributed by atoms with Crippen LogP contribution in [0.25, 0.3) is 10.9 Å².